The molecule has 0 saturated carbocycles. The Balaban J connectivity index is 2.04. The lowest BCUT2D eigenvalue weighted by atomic mass is 9.86. The minimum atomic E-state index is -4.71. The van der Waals surface area contributed by atoms with Crippen molar-refractivity contribution in [3.05, 3.63) is 46.9 Å². The minimum Gasteiger partial charge on any atom is -0.377 e. The fourth-order valence-electron chi connectivity index (χ4n) is 3.84. The number of ether oxygens (including phenoxy) is 2. The second-order valence-corrected chi connectivity index (χ2v) is 7.64. The molecule has 0 aliphatic carbocycles. The summed E-state index contributed by atoms with van der Waals surface area (Å²) in [6.45, 7) is 2.38. The first-order valence-corrected chi connectivity index (χ1v) is 9.68. The maximum absolute atomic E-state index is 13.4. The molecule has 168 valence electrons. The molecule has 2 amide bonds. The van der Waals surface area contributed by atoms with Gasteiger partial charge in [0, 0.05) is 32.3 Å². The molecule has 0 bridgehead atoms. The molecule has 0 aromatic carbocycles. The molecule has 2 aliphatic rings. The first kappa shape index (κ1) is 23.0. The number of amides is 2. The largest absolute Gasteiger partial charge is 0.433 e. The van der Waals surface area contributed by atoms with E-state index in [1.54, 1.807) is 6.92 Å². The third-order valence-electron chi connectivity index (χ3n) is 5.40. The molecule has 3 heterocycles. The van der Waals surface area contributed by atoms with Crippen LogP contribution in [0.2, 0.25) is 0 Å². The fourth-order valence-corrected chi connectivity index (χ4v) is 3.84. The van der Waals surface area contributed by atoms with E-state index in [2.05, 4.69) is 4.98 Å². The van der Waals surface area contributed by atoms with Crippen LogP contribution in [0.25, 0.3) is 6.08 Å². The van der Waals surface area contributed by atoms with Crippen LogP contribution in [0.5, 0.6) is 0 Å². The highest BCUT2D eigenvalue weighted by atomic mass is 19.4. The van der Waals surface area contributed by atoms with Crippen molar-refractivity contribution in [2.75, 3.05) is 34.1 Å². The molecule has 0 radical (unpaired) electrons. The maximum atomic E-state index is 13.4. The lowest BCUT2D eigenvalue weighted by Gasteiger charge is -2.47. The molecule has 1 atom stereocenters. The average molecular weight is 439 g/mol. The van der Waals surface area contributed by atoms with Crippen LogP contribution in [0.3, 0.4) is 0 Å². The van der Waals surface area contributed by atoms with Crippen molar-refractivity contribution >= 4 is 17.9 Å². The van der Waals surface area contributed by atoms with E-state index in [9.17, 15) is 22.8 Å². The molecule has 1 saturated heterocycles. The zero-order valence-electron chi connectivity index (χ0n) is 17.5. The molecule has 1 unspecified atom stereocenters. The van der Waals surface area contributed by atoms with Crippen LogP contribution in [-0.2, 0) is 25.2 Å². The van der Waals surface area contributed by atoms with Crippen molar-refractivity contribution in [2.24, 2.45) is 0 Å². The van der Waals surface area contributed by atoms with E-state index in [0.29, 0.717) is 19.6 Å². The van der Waals surface area contributed by atoms with Crippen LogP contribution in [0, 0.1) is 0 Å². The second-order valence-electron chi connectivity index (χ2n) is 7.64. The first-order valence-electron chi connectivity index (χ1n) is 9.68. The Morgan fingerprint density at radius 3 is 2.71 bits per heavy atom. The number of carbonyl (C=O) groups excluding carboxylic acids is 2. The molecule has 1 fully saturated rings. The van der Waals surface area contributed by atoms with E-state index in [1.807, 2.05) is 6.08 Å². The number of methoxy groups -OCH3 is 1. The van der Waals surface area contributed by atoms with Crippen molar-refractivity contribution in [3.63, 3.8) is 0 Å². The minimum absolute atomic E-state index is 0.188. The van der Waals surface area contributed by atoms with Gasteiger partial charge in [-0.25, -0.2) is 0 Å². The third-order valence-corrected chi connectivity index (χ3v) is 5.40. The summed E-state index contributed by atoms with van der Waals surface area (Å²) in [6.07, 6.45) is 0.285. The predicted molar refractivity (Wildman–Crippen MR) is 105 cm³/mol. The number of piperazine rings is 1. The highest BCUT2D eigenvalue weighted by Gasteiger charge is 2.51. The molecule has 10 heteroatoms. The second kappa shape index (κ2) is 8.80. The molecule has 1 aromatic heterocycles. The lowest BCUT2D eigenvalue weighted by molar-refractivity contribution is -0.163. The Morgan fingerprint density at radius 1 is 1.35 bits per heavy atom. The zero-order chi connectivity index (χ0) is 22.8. The van der Waals surface area contributed by atoms with Gasteiger partial charge in [0.05, 0.1) is 13.2 Å². The standard InChI is InChI=1S/C21H24F3N3O4/c1-20(11-14-6-5-9-31-12-14)19(29)26(2)16(18(28)27(20)13-30-3)10-15-7-4-8-25-17(15)21(22,23)24/h4,6-8,10H,5,9,11-13H2,1-3H3/b16-10-. The molecule has 3 rings (SSSR count). The number of carbonyl (C=O) groups is 2. The van der Waals surface area contributed by atoms with Gasteiger partial charge in [-0.15, -0.1) is 0 Å². The number of halogens is 3. The summed E-state index contributed by atoms with van der Waals surface area (Å²) >= 11 is 0. The average Bonchev–Trinajstić information content (AvgIpc) is 2.73. The van der Waals surface area contributed by atoms with E-state index in [4.69, 9.17) is 9.47 Å². The molecule has 1 aromatic rings. The van der Waals surface area contributed by atoms with Crippen LogP contribution < -0.4 is 0 Å². The SMILES string of the molecule is COCN1C(=O)/C(=C/c2cccnc2C(F)(F)F)N(C)C(=O)C1(C)CC1=CCCOC1. The fraction of sp³-hybridized carbons (Fsp3) is 0.476. The van der Waals surface area contributed by atoms with Crippen LogP contribution in [0.1, 0.15) is 31.0 Å². The maximum Gasteiger partial charge on any atom is 0.433 e. The van der Waals surface area contributed by atoms with Crippen molar-refractivity contribution in [1.29, 1.82) is 0 Å². The van der Waals surface area contributed by atoms with E-state index >= 15 is 0 Å². The third kappa shape index (κ3) is 4.49. The van der Waals surface area contributed by atoms with E-state index < -0.39 is 29.2 Å². The van der Waals surface area contributed by atoms with Gasteiger partial charge in [0.25, 0.3) is 11.8 Å². The van der Waals surface area contributed by atoms with Gasteiger partial charge in [0.2, 0.25) is 0 Å². The van der Waals surface area contributed by atoms with Crippen LogP contribution in [-0.4, -0.2) is 66.2 Å². The van der Waals surface area contributed by atoms with Crippen molar-refractivity contribution < 1.29 is 32.2 Å². The smallest absolute Gasteiger partial charge is 0.377 e. The monoisotopic (exact) mass is 439 g/mol. The van der Waals surface area contributed by atoms with Gasteiger partial charge in [0.1, 0.15) is 18.0 Å². The summed E-state index contributed by atoms with van der Waals surface area (Å²) in [4.78, 5) is 32.4. The topological polar surface area (TPSA) is 72.0 Å². The Morgan fingerprint density at radius 2 is 2.10 bits per heavy atom. The molecule has 0 N–H and O–H groups in total. The molecule has 7 nitrogen and oxygen atoms in total. The van der Waals surface area contributed by atoms with Crippen molar-refractivity contribution in [3.8, 4) is 0 Å². The summed E-state index contributed by atoms with van der Waals surface area (Å²) in [6, 6.07) is 2.54. The van der Waals surface area contributed by atoms with Gasteiger partial charge in [-0.05, 0) is 31.1 Å². The van der Waals surface area contributed by atoms with Crippen molar-refractivity contribution in [2.45, 2.75) is 31.5 Å². The number of nitrogens with zero attached hydrogens (tertiary/aromatic N) is 3. The van der Waals surface area contributed by atoms with Gasteiger partial charge >= 0.3 is 6.18 Å². The molecular weight excluding hydrogens is 415 g/mol. The van der Waals surface area contributed by atoms with Crippen LogP contribution in [0.15, 0.2) is 35.7 Å². The van der Waals surface area contributed by atoms with Crippen LogP contribution >= 0.6 is 0 Å². The molecule has 31 heavy (non-hydrogen) atoms. The van der Waals surface area contributed by atoms with Gasteiger partial charge in [0.15, 0.2) is 5.69 Å². The van der Waals surface area contributed by atoms with E-state index in [1.165, 1.54) is 31.2 Å². The van der Waals surface area contributed by atoms with Gasteiger partial charge in [-0.1, -0.05) is 12.1 Å². The molecular formula is C21H24F3N3O4. The number of pyridine rings is 1. The predicted octanol–water partition coefficient (Wildman–Crippen LogP) is 2.84. The number of alkyl halides is 3. The van der Waals surface area contributed by atoms with Crippen LogP contribution in [0.4, 0.5) is 13.2 Å². The summed E-state index contributed by atoms with van der Waals surface area (Å²) in [5.41, 5.74) is -2.02. The number of hydrogen-bond donors (Lipinski definition) is 0. The number of aromatic nitrogens is 1. The first-order chi connectivity index (χ1) is 14.6. The number of likely N-dealkylation sites (N-methyl/N-ethyl adjacent to an activating group) is 1. The Hall–Kier alpha value is -2.72. The van der Waals surface area contributed by atoms with Gasteiger partial charge in [-0.2, -0.15) is 13.2 Å². The van der Waals surface area contributed by atoms with E-state index in [0.717, 1.165) is 22.7 Å². The quantitative estimate of drug-likeness (QED) is 0.521. The summed E-state index contributed by atoms with van der Waals surface area (Å²) in [5, 5.41) is 0. The summed E-state index contributed by atoms with van der Waals surface area (Å²) in [5.74, 6) is -1.04. The number of rotatable bonds is 5. The Kier molecular flexibility index (Phi) is 6.51. The van der Waals surface area contributed by atoms with Gasteiger partial charge < -0.3 is 14.4 Å². The summed E-state index contributed by atoms with van der Waals surface area (Å²) < 4.78 is 50.7. The summed E-state index contributed by atoms with van der Waals surface area (Å²) in [7, 11) is 2.76. The Bertz CT molecular complexity index is 929. The lowest BCUT2D eigenvalue weighted by Crippen LogP contribution is -2.65. The number of hydrogen-bond acceptors (Lipinski definition) is 5. The molecule has 2 aliphatic heterocycles. The normalized spacial score (nSPS) is 24.1. The van der Waals surface area contributed by atoms with E-state index in [-0.39, 0.29) is 24.4 Å². The Labute approximate surface area is 178 Å². The highest BCUT2D eigenvalue weighted by Crippen LogP contribution is 2.36. The van der Waals surface area contributed by atoms with Gasteiger partial charge in [-0.3, -0.25) is 19.5 Å². The molecule has 0 spiro atoms. The zero-order valence-corrected chi connectivity index (χ0v) is 17.5. The van der Waals surface area contributed by atoms with Crippen molar-refractivity contribution in [1.82, 2.24) is 14.8 Å². The highest BCUT2D eigenvalue weighted by molar-refractivity contribution is 6.08.